The first-order valence-corrected chi connectivity index (χ1v) is 33.0. The Morgan fingerprint density at radius 1 is 0.293 bits per heavy atom. The molecule has 9 aromatic heterocycles. The standard InChI is InChI=1S/C82H44N12O4S/c95-78-57-25-10-14-29-66(57)98-81-83-71-63(93(78)81)40-38-61-69(71)55-23-7-11-26-59(55)91(61)52-21-15-20-50(42-52)76-86-73(46-16-3-1-4-17-46)85-74(87-76)48-32-30-45(31-33-48)49-34-37-58-68(44-49)99-82-84-72-64(94(82)79(58)96)41-39-62-70(72)56-24-8-12-27-60(56)92(62)80-89-75(47-18-5-2-6-19-47)88-77(90-80)51-35-36-54-53-22-9-13-28-65(53)97-67(54)43-51/h1-44H. The zero-order valence-electron chi connectivity index (χ0n) is 51.8. The van der Waals surface area contributed by atoms with E-state index in [-0.39, 0.29) is 17.0 Å². The van der Waals surface area contributed by atoms with Gasteiger partial charge in [0.15, 0.2) is 34.1 Å². The van der Waals surface area contributed by atoms with Crippen LogP contribution in [0.15, 0.2) is 285 Å². The molecule has 0 atom stereocenters. The van der Waals surface area contributed by atoms with E-state index in [1.165, 1.54) is 11.3 Å². The van der Waals surface area contributed by atoms with Gasteiger partial charge in [-0.15, -0.1) is 0 Å². The van der Waals surface area contributed by atoms with Crippen molar-refractivity contribution in [1.29, 1.82) is 0 Å². The third-order valence-corrected chi connectivity index (χ3v) is 20.0. The van der Waals surface area contributed by atoms with Gasteiger partial charge in [-0.3, -0.25) is 14.2 Å². The van der Waals surface area contributed by atoms with Gasteiger partial charge in [-0.05, 0) is 102 Å². The highest BCUT2D eigenvalue weighted by Gasteiger charge is 2.25. The van der Waals surface area contributed by atoms with Gasteiger partial charge in [-0.2, -0.15) is 15.0 Å². The van der Waals surface area contributed by atoms with Crippen LogP contribution in [0.25, 0.3) is 199 Å². The van der Waals surface area contributed by atoms with Crippen LogP contribution in [0.1, 0.15) is 0 Å². The molecular weight excluding hydrogens is 1250 g/mol. The molecule has 0 fully saturated rings. The molecule has 0 radical (unpaired) electrons. The number of benzene rings is 12. The van der Waals surface area contributed by atoms with E-state index in [0.29, 0.717) is 78.5 Å². The number of furan rings is 1. The van der Waals surface area contributed by atoms with Gasteiger partial charge in [0.2, 0.25) is 5.95 Å². The molecule has 12 aromatic carbocycles. The summed E-state index contributed by atoms with van der Waals surface area (Å²) in [4.78, 5) is 70.7. The summed E-state index contributed by atoms with van der Waals surface area (Å²) in [6, 6.07) is 88.1. The molecular formula is C82H44N12O4S. The lowest BCUT2D eigenvalue weighted by Gasteiger charge is -2.12. The Balaban J connectivity index is 0.645. The third kappa shape index (κ3) is 8.31. The van der Waals surface area contributed by atoms with E-state index in [2.05, 4.69) is 75.9 Å². The van der Waals surface area contributed by atoms with Crippen LogP contribution in [0.5, 0.6) is 0 Å². The smallest absolute Gasteiger partial charge is 0.310 e. The van der Waals surface area contributed by atoms with Gasteiger partial charge < -0.3 is 13.4 Å². The average molecular weight is 1290 g/mol. The highest BCUT2D eigenvalue weighted by atomic mass is 32.1. The molecule has 0 saturated heterocycles. The Hall–Kier alpha value is -13.6. The fourth-order valence-corrected chi connectivity index (χ4v) is 15.5. The summed E-state index contributed by atoms with van der Waals surface area (Å²) in [5, 5.41) is 6.83. The molecule has 0 bridgehead atoms. The Kier molecular flexibility index (Phi) is 11.6. The molecule has 0 unspecified atom stereocenters. The first-order valence-electron chi connectivity index (χ1n) is 32.2. The molecule has 0 spiro atoms. The van der Waals surface area contributed by atoms with Gasteiger partial charge in [-0.1, -0.05) is 187 Å². The lowest BCUT2D eigenvalue weighted by Crippen LogP contribution is -2.12. The number of imidazole rings is 2. The second-order valence-corrected chi connectivity index (χ2v) is 25.6. The van der Waals surface area contributed by atoms with Crippen LogP contribution in [0.3, 0.4) is 0 Å². The zero-order valence-corrected chi connectivity index (χ0v) is 52.6. The minimum absolute atomic E-state index is 0.155. The van der Waals surface area contributed by atoms with Crippen molar-refractivity contribution < 1.29 is 8.83 Å². The van der Waals surface area contributed by atoms with Crippen LogP contribution in [0, 0.1) is 0 Å². The second kappa shape index (κ2) is 20.9. The normalized spacial score (nSPS) is 12.1. The molecule has 0 aliphatic heterocycles. The van der Waals surface area contributed by atoms with Gasteiger partial charge >= 0.3 is 5.84 Å². The molecule has 0 amide bonds. The molecule has 21 aromatic rings. The molecule has 0 aliphatic rings. The first-order chi connectivity index (χ1) is 48.9. The number of fused-ring (bicyclic) bond motifs is 19. The summed E-state index contributed by atoms with van der Waals surface area (Å²) >= 11 is 1.48. The second-order valence-electron chi connectivity index (χ2n) is 24.6. The number of hydrogen-bond donors (Lipinski definition) is 0. The SMILES string of the molecule is O=c1c2ccccc2oc2nc3c4c5ccccc5n(-c5cccc(-c6nc(-c7ccccc7)nc(-c7ccc(-c8ccc9c(=O)n%10c(nc%11c%12c%13ccccc%13n(-c%13nc(-c%14ccccc%14)nc(-c%14ccc%15c(c%14)oc%14ccccc%14%15)n%13)c%12ccc%11%10)sc9c8)cc7)n6)c5)c4ccc3n12. The van der Waals surface area contributed by atoms with Crippen molar-refractivity contribution in [2.45, 2.75) is 0 Å². The lowest BCUT2D eigenvalue weighted by molar-refractivity contribution is 0.616. The van der Waals surface area contributed by atoms with E-state index in [0.717, 1.165) is 115 Å². The minimum Gasteiger partial charge on any atom is -0.456 e. The van der Waals surface area contributed by atoms with E-state index in [4.69, 9.17) is 48.7 Å². The van der Waals surface area contributed by atoms with Crippen molar-refractivity contribution in [3.05, 3.63) is 288 Å². The molecule has 0 saturated carbocycles. The van der Waals surface area contributed by atoms with Gasteiger partial charge in [0.25, 0.3) is 11.1 Å². The van der Waals surface area contributed by atoms with Crippen molar-refractivity contribution in [2.75, 3.05) is 0 Å². The monoisotopic (exact) mass is 1290 g/mol. The summed E-state index contributed by atoms with van der Waals surface area (Å²) < 4.78 is 21.0. The summed E-state index contributed by atoms with van der Waals surface area (Å²) in [7, 11) is 0. The Bertz CT molecular complexity index is 7170. The molecule has 17 heteroatoms. The predicted octanol–water partition coefficient (Wildman–Crippen LogP) is 18.4. The number of para-hydroxylation sites is 4. The fraction of sp³-hybridized carbons (Fsp3) is 0. The molecule has 462 valence electrons. The van der Waals surface area contributed by atoms with Crippen LogP contribution < -0.4 is 11.1 Å². The maximum Gasteiger partial charge on any atom is 0.310 e. The third-order valence-electron chi connectivity index (χ3n) is 19.0. The minimum atomic E-state index is -0.183. The molecule has 21 rings (SSSR count). The average Bonchev–Trinajstić information content (AvgIpc) is 1.56. The Labute approximate surface area is 561 Å². The van der Waals surface area contributed by atoms with Crippen LogP contribution in [0.4, 0.5) is 0 Å². The molecule has 16 nitrogen and oxygen atoms in total. The molecule has 0 aliphatic carbocycles. The van der Waals surface area contributed by atoms with Crippen LogP contribution >= 0.6 is 11.3 Å². The number of rotatable bonds is 8. The zero-order chi connectivity index (χ0) is 65.1. The summed E-state index contributed by atoms with van der Waals surface area (Å²) in [6.07, 6.45) is 0. The van der Waals surface area contributed by atoms with Gasteiger partial charge in [0.1, 0.15) is 27.8 Å². The highest BCUT2D eigenvalue weighted by molar-refractivity contribution is 7.23. The maximum atomic E-state index is 14.9. The van der Waals surface area contributed by atoms with Crippen LogP contribution in [-0.2, 0) is 0 Å². The topological polar surface area (TPSA) is 182 Å². The van der Waals surface area contributed by atoms with E-state index < -0.39 is 0 Å². The highest BCUT2D eigenvalue weighted by Crippen LogP contribution is 2.42. The Morgan fingerprint density at radius 2 is 0.768 bits per heavy atom. The molecule has 9 heterocycles. The Morgan fingerprint density at radius 3 is 1.47 bits per heavy atom. The van der Waals surface area contributed by atoms with Crippen LogP contribution in [0.2, 0.25) is 0 Å². The van der Waals surface area contributed by atoms with Crippen molar-refractivity contribution >= 4 is 131 Å². The lowest BCUT2D eigenvalue weighted by atomic mass is 10.0. The maximum absolute atomic E-state index is 14.9. The van der Waals surface area contributed by atoms with E-state index >= 15 is 0 Å². The fourth-order valence-electron chi connectivity index (χ4n) is 14.4. The summed E-state index contributed by atoms with van der Waals surface area (Å²) in [6.45, 7) is 0. The summed E-state index contributed by atoms with van der Waals surface area (Å²) in [5.41, 5.74) is 14.9. The van der Waals surface area contributed by atoms with Crippen molar-refractivity contribution in [3.8, 4) is 79.7 Å². The number of hydrogen-bond acceptors (Lipinski definition) is 13. The predicted molar refractivity (Wildman–Crippen MR) is 392 cm³/mol. The van der Waals surface area contributed by atoms with Crippen molar-refractivity contribution in [1.82, 2.24) is 57.8 Å². The molecule has 0 N–H and O–H groups in total. The van der Waals surface area contributed by atoms with Crippen LogP contribution in [-0.4, -0.2) is 57.8 Å². The van der Waals surface area contributed by atoms with E-state index in [1.54, 1.807) is 20.9 Å². The van der Waals surface area contributed by atoms with Crippen molar-refractivity contribution in [3.63, 3.8) is 0 Å². The molecule has 99 heavy (non-hydrogen) atoms. The largest absolute Gasteiger partial charge is 0.456 e. The van der Waals surface area contributed by atoms with Gasteiger partial charge in [-0.25, -0.2) is 33.7 Å². The summed E-state index contributed by atoms with van der Waals surface area (Å²) in [5.74, 6) is 3.23. The van der Waals surface area contributed by atoms with E-state index in [1.807, 2.05) is 188 Å². The number of aromatic nitrogens is 12. The quantitative estimate of drug-likeness (QED) is 0.141. The van der Waals surface area contributed by atoms with Gasteiger partial charge in [0, 0.05) is 70.5 Å². The number of nitrogens with zero attached hydrogens (tertiary/aromatic N) is 12. The first kappa shape index (κ1) is 54.7. The van der Waals surface area contributed by atoms with E-state index in [9.17, 15) is 9.59 Å². The van der Waals surface area contributed by atoms with Gasteiger partial charge in [0.05, 0.1) is 43.9 Å². The van der Waals surface area contributed by atoms with Crippen molar-refractivity contribution in [2.24, 2.45) is 0 Å².